The molecule has 8 nitrogen and oxygen atoms in total. The van der Waals surface area contributed by atoms with E-state index in [1.807, 2.05) is 24.3 Å². The quantitative estimate of drug-likeness (QED) is 0.354. The molecule has 4 heterocycles. The molecule has 0 amide bonds. The maximum atomic E-state index is 14.9. The van der Waals surface area contributed by atoms with Gasteiger partial charge in [-0.05, 0) is 74.8 Å². The van der Waals surface area contributed by atoms with E-state index in [-0.39, 0.29) is 13.2 Å². The zero-order valence-electron chi connectivity index (χ0n) is 22.1. The number of benzene rings is 2. The number of likely N-dealkylation sites (tertiary alicyclic amines) is 1. The third kappa shape index (κ3) is 5.18. The Labute approximate surface area is 231 Å². The van der Waals surface area contributed by atoms with Crippen LogP contribution in [-0.4, -0.2) is 46.2 Å². The number of fused-ring (bicyclic) bond motifs is 3. The van der Waals surface area contributed by atoms with Gasteiger partial charge in [-0.1, -0.05) is 18.2 Å². The summed E-state index contributed by atoms with van der Waals surface area (Å²) in [4.78, 5) is 24.2. The molecule has 0 atom stereocenters. The molecule has 40 heavy (non-hydrogen) atoms. The number of pyridine rings is 1. The molecular weight excluding hydrogens is 509 g/mol. The third-order valence-electron chi connectivity index (χ3n) is 7.60. The first-order valence-corrected chi connectivity index (χ1v) is 13.3. The average Bonchev–Trinajstić information content (AvgIpc) is 2.99. The highest BCUT2D eigenvalue weighted by atomic mass is 19.1. The van der Waals surface area contributed by atoms with E-state index >= 15 is 0 Å². The van der Waals surface area contributed by atoms with Crippen molar-refractivity contribution in [3.05, 3.63) is 93.9 Å². The number of rotatable bonds is 6. The molecule has 1 fully saturated rings. The Balaban J connectivity index is 1.23. The fourth-order valence-electron chi connectivity index (χ4n) is 5.28. The largest absolute Gasteiger partial charge is 0.490 e. The molecule has 1 saturated heterocycles. The Morgan fingerprint density at radius 2 is 1.90 bits per heavy atom. The first-order chi connectivity index (χ1) is 19.5. The first-order valence-electron chi connectivity index (χ1n) is 13.3. The van der Waals surface area contributed by atoms with Crippen LogP contribution in [0.2, 0.25) is 0 Å². The number of hydrogen-bond donors (Lipinski definition) is 0. The Bertz CT molecular complexity index is 1650. The zero-order chi connectivity index (χ0) is 27.6. The van der Waals surface area contributed by atoms with E-state index < -0.39 is 11.4 Å². The van der Waals surface area contributed by atoms with Crippen molar-refractivity contribution in [2.75, 3.05) is 26.7 Å². The molecule has 6 rings (SSSR count). The summed E-state index contributed by atoms with van der Waals surface area (Å²) in [5, 5.41) is 9.32. The van der Waals surface area contributed by atoms with Crippen molar-refractivity contribution < 1.29 is 13.9 Å². The van der Waals surface area contributed by atoms with Gasteiger partial charge in [0.05, 0.1) is 42.9 Å². The minimum atomic E-state index is -0.857. The Kier molecular flexibility index (Phi) is 7.01. The van der Waals surface area contributed by atoms with Gasteiger partial charge in [0.25, 0.3) is 5.56 Å². The number of piperidine rings is 1. The van der Waals surface area contributed by atoms with Crippen molar-refractivity contribution >= 4 is 0 Å². The Morgan fingerprint density at radius 1 is 1.10 bits per heavy atom. The third-order valence-corrected chi connectivity index (χ3v) is 7.60. The van der Waals surface area contributed by atoms with Gasteiger partial charge >= 0.3 is 0 Å². The standard InChI is InChI=1S/C31H28FN5O3/c1-36-9-7-20(8-10-36)18-39-24-15-34-30(35-16-24)23-4-2-3-22(11-23)17-37-28-19-40-29-6-5-21(14-33)12-26(29)25(28)13-27(32)31(37)38/h2-6,11-13,15-16,20H,7-10,17-19H2,1H3. The SMILES string of the molecule is CN1CCC(COc2cnc(-c3cccc(Cn4c5c(cc(F)c4=O)-c4cc(C#N)ccc4OC5)c3)nc2)CC1. The Morgan fingerprint density at radius 3 is 2.67 bits per heavy atom. The van der Waals surface area contributed by atoms with Crippen molar-refractivity contribution in [3.63, 3.8) is 0 Å². The van der Waals surface area contributed by atoms with Gasteiger partial charge in [0.1, 0.15) is 12.4 Å². The van der Waals surface area contributed by atoms with Gasteiger partial charge in [0, 0.05) is 16.7 Å². The van der Waals surface area contributed by atoms with E-state index in [9.17, 15) is 14.4 Å². The summed E-state index contributed by atoms with van der Waals surface area (Å²) < 4.78 is 28.1. The monoisotopic (exact) mass is 537 g/mol. The predicted octanol–water partition coefficient (Wildman–Crippen LogP) is 4.64. The summed E-state index contributed by atoms with van der Waals surface area (Å²) in [6, 6.07) is 15.8. The van der Waals surface area contributed by atoms with Crippen LogP contribution in [0.4, 0.5) is 4.39 Å². The van der Waals surface area contributed by atoms with E-state index in [2.05, 4.69) is 28.0 Å². The summed E-state index contributed by atoms with van der Waals surface area (Å²) >= 11 is 0. The van der Waals surface area contributed by atoms with Gasteiger partial charge < -0.3 is 18.9 Å². The lowest BCUT2D eigenvalue weighted by Gasteiger charge is -2.28. The number of nitrogens with zero attached hydrogens (tertiary/aromatic N) is 5. The average molecular weight is 538 g/mol. The highest BCUT2D eigenvalue weighted by Gasteiger charge is 2.24. The summed E-state index contributed by atoms with van der Waals surface area (Å²) in [5.74, 6) is 1.40. The lowest BCUT2D eigenvalue weighted by molar-refractivity contribution is 0.159. The Hall–Kier alpha value is -4.55. The topological polar surface area (TPSA) is 93.3 Å². The van der Waals surface area contributed by atoms with E-state index in [1.54, 1.807) is 30.6 Å². The number of nitriles is 1. The van der Waals surface area contributed by atoms with E-state index in [1.165, 1.54) is 10.6 Å². The molecule has 0 bridgehead atoms. The summed E-state index contributed by atoms with van der Waals surface area (Å²) in [5.41, 5.74) is 2.96. The molecule has 0 saturated carbocycles. The van der Waals surface area contributed by atoms with Crippen molar-refractivity contribution in [2.45, 2.75) is 26.0 Å². The highest BCUT2D eigenvalue weighted by Crippen LogP contribution is 2.38. The summed E-state index contributed by atoms with van der Waals surface area (Å²) in [6.45, 7) is 3.09. The second-order valence-electron chi connectivity index (χ2n) is 10.4. The maximum absolute atomic E-state index is 14.9. The lowest BCUT2D eigenvalue weighted by atomic mass is 9.98. The summed E-state index contributed by atoms with van der Waals surface area (Å²) in [7, 11) is 2.14. The normalized spacial score (nSPS) is 15.0. The van der Waals surface area contributed by atoms with Crippen LogP contribution in [-0.2, 0) is 13.2 Å². The number of aromatic nitrogens is 3. The van der Waals surface area contributed by atoms with Crippen molar-refractivity contribution in [1.82, 2.24) is 19.4 Å². The molecule has 9 heteroatoms. The van der Waals surface area contributed by atoms with E-state index in [0.717, 1.165) is 37.1 Å². The second-order valence-corrected chi connectivity index (χ2v) is 10.4. The van der Waals surface area contributed by atoms with Gasteiger partial charge in [-0.3, -0.25) is 4.79 Å². The van der Waals surface area contributed by atoms with Crippen LogP contribution in [0.1, 0.15) is 29.7 Å². The fraction of sp³-hybridized carbons (Fsp3) is 0.290. The van der Waals surface area contributed by atoms with Gasteiger partial charge in [0.2, 0.25) is 0 Å². The first kappa shape index (κ1) is 25.7. The van der Waals surface area contributed by atoms with Crippen molar-refractivity contribution in [2.24, 2.45) is 5.92 Å². The van der Waals surface area contributed by atoms with E-state index in [0.29, 0.717) is 52.2 Å². The molecule has 0 spiro atoms. The zero-order valence-corrected chi connectivity index (χ0v) is 22.1. The number of ether oxygens (including phenoxy) is 2. The van der Waals surface area contributed by atoms with Crippen LogP contribution in [0, 0.1) is 23.1 Å². The molecule has 2 aromatic carbocycles. The van der Waals surface area contributed by atoms with Crippen LogP contribution < -0.4 is 15.0 Å². The molecule has 2 aliphatic heterocycles. The van der Waals surface area contributed by atoms with Crippen LogP contribution >= 0.6 is 0 Å². The smallest absolute Gasteiger partial charge is 0.287 e. The van der Waals surface area contributed by atoms with Gasteiger partial charge in [-0.25, -0.2) is 14.4 Å². The fourth-order valence-corrected chi connectivity index (χ4v) is 5.28. The molecule has 0 aliphatic carbocycles. The van der Waals surface area contributed by atoms with Gasteiger partial charge in [-0.2, -0.15) is 5.26 Å². The highest BCUT2D eigenvalue weighted by molar-refractivity contribution is 5.75. The van der Waals surface area contributed by atoms with Gasteiger partial charge in [0.15, 0.2) is 17.4 Å². The molecule has 0 N–H and O–H groups in total. The van der Waals surface area contributed by atoms with Crippen molar-refractivity contribution in [1.29, 1.82) is 5.26 Å². The molecule has 0 radical (unpaired) electrons. The lowest BCUT2D eigenvalue weighted by Crippen LogP contribution is -2.32. The minimum absolute atomic E-state index is 0.117. The van der Waals surface area contributed by atoms with Gasteiger partial charge in [-0.15, -0.1) is 0 Å². The predicted molar refractivity (Wildman–Crippen MR) is 147 cm³/mol. The number of halogens is 1. The second kappa shape index (κ2) is 10.9. The van der Waals surface area contributed by atoms with Crippen molar-refractivity contribution in [3.8, 4) is 40.1 Å². The molecule has 0 unspecified atom stereocenters. The van der Waals surface area contributed by atoms with Crippen LogP contribution in [0.25, 0.3) is 22.5 Å². The van der Waals surface area contributed by atoms with E-state index in [4.69, 9.17) is 9.47 Å². The number of hydrogen-bond acceptors (Lipinski definition) is 7. The molecule has 202 valence electrons. The molecule has 2 aliphatic rings. The summed E-state index contributed by atoms with van der Waals surface area (Å²) in [6.07, 6.45) is 5.61. The molecular formula is C31H28FN5O3. The maximum Gasteiger partial charge on any atom is 0.287 e. The minimum Gasteiger partial charge on any atom is -0.490 e. The molecule has 4 aromatic rings. The molecule has 2 aromatic heterocycles. The van der Waals surface area contributed by atoms with Crippen LogP contribution in [0.15, 0.2) is 65.7 Å². The van der Waals surface area contributed by atoms with Crippen LogP contribution in [0.3, 0.4) is 0 Å². The van der Waals surface area contributed by atoms with Crippen LogP contribution in [0.5, 0.6) is 11.5 Å².